The van der Waals surface area contributed by atoms with E-state index in [0.717, 1.165) is 49.8 Å². The number of aryl methyl sites for hydroxylation is 1. The topological polar surface area (TPSA) is 46.6 Å². The van der Waals surface area contributed by atoms with Gasteiger partial charge in [0, 0.05) is 25.8 Å². The van der Waals surface area contributed by atoms with Crippen molar-refractivity contribution in [2.45, 2.75) is 19.4 Å². The van der Waals surface area contributed by atoms with Crippen LogP contribution in [0, 0.1) is 6.92 Å². The fraction of sp³-hybridized carbons (Fsp3) is 0.450. The van der Waals surface area contributed by atoms with Gasteiger partial charge in [-0.1, -0.05) is 12.1 Å². The molecule has 1 unspecified atom stereocenters. The van der Waals surface area contributed by atoms with Gasteiger partial charge in [0.2, 0.25) is 0 Å². The number of hydrogen-bond donors (Lipinski definition) is 1. The molecule has 1 aromatic carbocycles. The molecule has 1 atom stereocenters. The van der Waals surface area contributed by atoms with E-state index in [-0.39, 0.29) is 6.04 Å². The van der Waals surface area contributed by atoms with Crippen LogP contribution in [-0.2, 0) is 0 Å². The van der Waals surface area contributed by atoms with Gasteiger partial charge in [-0.15, -0.1) is 0 Å². The fourth-order valence-corrected chi connectivity index (χ4v) is 3.36. The van der Waals surface area contributed by atoms with Crippen LogP contribution >= 0.6 is 0 Å². The van der Waals surface area contributed by atoms with Crippen LogP contribution < -0.4 is 14.8 Å². The molecule has 2 aromatic rings. The molecular formula is C20H27N3O2. The SMILES string of the molecule is COc1ccc(C(c2ccc(C)cn2)N2CCCNCC2)cc1OC. The van der Waals surface area contributed by atoms with E-state index in [1.807, 2.05) is 12.3 Å². The molecule has 25 heavy (non-hydrogen) atoms. The summed E-state index contributed by atoms with van der Waals surface area (Å²) in [6.07, 6.45) is 3.08. The van der Waals surface area contributed by atoms with E-state index in [2.05, 4.69) is 41.4 Å². The Morgan fingerprint density at radius 3 is 2.60 bits per heavy atom. The molecule has 1 N–H and O–H groups in total. The minimum absolute atomic E-state index is 0.111. The summed E-state index contributed by atoms with van der Waals surface area (Å²) in [7, 11) is 3.34. The quantitative estimate of drug-likeness (QED) is 0.906. The van der Waals surface area contributed by atoms with E-state index in [0.29, 0.717) is 0 Å². The van der Waals surface area contributed by atoms with Gasteiger partial charge in [0.15, 0.2) is 11.5 Å². The lowest BCUT2D eigenvalue weighted by molar-refractivity contribution is 0.236. The number of methoxy groups -OCH3 is 2. The minimum atomic E-state index is 0.111. The van der Waals surface area contributed by atoms with Crippen LogP contribution in [-0.4, -0.2) is 50.3 Å². The average molecular weight is 341 g/mol. The molecule has 1 fully saturated rings. The molecule has 0 radical (unpaired) electrons. The third kappa shape index (κ3) is 4.11. The Labute approximate surface area is 150 Å². The van der Waals surface area contributed by atoms with Gasteiger partial charge in [-0.25, -0.2) is 0 Å². The van der Waals surface area contributed by atoms with Gasteiger partial charge < -0.3 is 14.8 Å². The summed E-state index contributed by atoms with van der Waals surface area (Å²) in [5, 5.41) is 3.48. The smallest absolute Gasteiger partial charge is 0.161 e. The van der Waals surface area contributed by atoms with Gasteiger partial charge in [-0.2, -0.15) is 0 Å². The van der Waals surface area contributed by atoms with Crippen molar-refractivity contribution in [2.24, 2.45) is 0 Å². The maximum atomic E-state index is 5.52. The molecule has 134 valence electrons. The number of nitrogens with one attached hydrogen (secondary N) is 1. The van der Waals surface area contributed by atoms with Gasteiger partial charge in [-0.3, -0.25) is 9.88 Å². The number of rotatable bonds is 5. The van der Waals surface area contributed by atoms with Crippen LogP contribution in [0.4, 0.5) is 0 Å². The van der Waals surface area contributed by atoms with Crippen LogP contribution in [0.3, 0.4) is 0 Å². The Hall–Kier alpha value is -2.11. The fourth-order valence-electron chi connectivity index (χ4n) is 3.36. The van der Waals surface area contributed by atoms with Crippen molar-refractivity contribution in [2.75, 3.05) is 40.4 Å². The number of aromatic nitrogens is 1. The van der Waals surface area contributed by atoms with Gasteiger partial charge in [0.25, 0.3) is 0 Å². The highest BCUT2D eigenvalue weighted by Crippen LogP contribution is 2.34. The molecule has 0 saturated carbocycles. The molecule has 0 amide bonds. The molecule has 2 heterocycles. The van der Waals surface area contributed by atoms with Crippen molar-refractivity contribution in [3.05, 3.63) is 53.3 Å². The zero-order chi connectivity index (χ0) is 17.6. The summed E-state index contributed by atoms with van der Waals surface area (Å²) in [5.41, 5.74) is 3.42. The lowest BCUT2D eigenvalue weighted by Crippen LogP contribution is -2.33. The number of ether oxygens (including phenoxy) is 2. The zero-order valence-electron chi connectivity index (χ0n) is 15.3. The molecule has 3 rings (SSSR count). The molecule has 5 heteroatoms. The van der Waals surface area contributed by atoms with Crippen molar-refractivity contribution in [3.63, 3.8) is 0 Å². The summed E-state index contributed by atoms with van der Waals surface area (Å²) in [6, 6.07) is 10.5. The minimum Gasteiger partial charge on any atom is -0.493 e. The lowest BCUT2D eigenvalue weighted by atomic mass is 9.99. The Kier molecular flexibility index (Phi) is 5.89. The van der Waals surface area contributed by atoms with E-state index in [4.69, 9.17) is 14.5 Å². The Bertz CT molecular complexity index is 680. The predicted octanol–water partition coefficient (Wildman–Crippen LogP) is 2.79. The van der Waals surface area contributed by atoms with Crippen LogP contribution in [0.5, 0.6) is 11.5 Å². The van der Waals surface area contributed by atoms with Gasteiger partial charge in [0.05, 0.1) is 26.0 Å². The third-order valence-corrected chi connectivity index (χ3v) is 4.68. The Balaban J connectivity index is 2.02. The summed E-state index contributed by atoms with van der Waals surface area (Å²) >= 11 is 0. The van der Waals surface area contributed by atoms with E-state index >= 15 is 0 Å². The molecule has 1 aliphatic heterocycles. The first-order valence-corrected chi connectivity index (χ1v) is 8.82. The highest BCUT2D eigenvalue weighted by Gasteiger charge is 2.25. The highest BCUT2D eigenvalue weighted by atomic mass is 16.5. The third-order valence-electron chi connectivity index (χ3n) is 4.68. The molecule has 5 nitrogen and oxygen atoms in total. The van der Waals surface area contributed by atoms with Gasteiger partial charge in [-0.05, 0) is 49.2 Å². The second kappa shape index (κ2) is 8.32. The first-order valence-electron chi connectivity index (χ1n) is 8.82. The number of pyridine rings is 1. The van der Waals surface area contributed by atoms with Crippen LogP contribution in [0.25, 0.3) is 0 Å². The van der Waals surface area contributed by atoms with Crippen molar-refractivity contribution in [1.82, 2.24) is 15.2 Å². The molecule has 0 bridgehead atoms. The Morgan fingerprint density at radius 2 is 1.88 bits per heavy atom. The first kappa shape index (κ1) is 17.7. The second-order valence-corrected chi connectivity index (χ2v) is 6.42. The molecule has 1 aromatic heterocycles. The largest absolute Gasteiger partial charge is 0.493 e. The molecule has 1 aliphatic rings. The average Bonchev–Trinajstić information content (AvgIpc) is 2.92. The maximum Gasteiger partial charge on any atom is 0.161 e. The number of nitrogens with zero attached hydrogens (tertiary/aromatic N) is 2. The lowest BCUT2D eigenvalue weighted by Gasteiger charge is -2.31. The van der Waals surface area contributed by atoms with Crippen LogP contribution in [0.2, 0.25) is 0 Å². The zero-order valence-corrected chi connectivity index (χ0v) is 15.3. The maximum absolute atomic E-state index is 5.52. The van der Waals surface area contributed by atoms with Crippen molar-refractivity contribution >= 4 is 0 Å². The summed E-state index contributed by atoms with van der Waals surface area (Å²) < 4.78 is 10.9. The van der Waals surface area contributed by atoms with Crippen molar-refractivity contribution in [3.8, 4) is 11.5 Å². The van der Waals surface area contributed by atoms with E-state index in [9.17, 15) is 0 Å². The summed E-state index contributed by atoms with van der Waals surface area (Å²) in [5.74, 6) is 1.50. The van der Waals surface area contributed by atoms with E-state index < -0.39 is 0 Å². The predicted molar refractivity (Wildman–Crippen MR) is 99.4 cm³/mol. The standard InChI is InChI=1S/C20H27N3O2/c1-15-5-7-17(22-14-15)20(23-11-4-9-21-10-12-23)16-6-8-18(24-2)19(13-16)25-3/h5-8,13-14,20-21H,4,9-12H2,1-3H3. The first-order chi connectivity index (χ1) is 12.2. The van der Waals surface area contributed by atoms with Crippen LogP contribution in [0.15, 0.2) is 36.5 Å². The molecular weight excluding hydrogens is 314 g/mol. The number of benzene rings is 1. The normalized spacial score (nSPS) is 16.9. The van der Waals surface area contributed by atoms with Gasteiger partial charge >= 0.3 is 0 Å². The van der Waals surface area contributed by atoms with Crippen LogP contribution in [0.1, 0.15) is 29.3 Å². The van der Waals surface area contributed by atoms with Crippen molar-refractivity contribution < 1.29 is 9.47 Å². The monoisotopic (exact) mass is 341 g/mol. The Morgan fingerprint density at radius 1 is 1.04 bits per heavy atom. The van der Waals surface area contributed by atoms with Crippen molar-refractivity contribution in [1.29, 1.82) is 0 Å². The summed E-state index contributed by atoms with van der Waals surface area (Å²) in [4.78, 5) is 7.22. The summed E-state index contributed by atoms with van der Waals surface area (Å²) in [6.45, 7) is 6.17. The molecule has 0 aliphatic carbocycles. The molecule has 1 saturated heterocycles. The second-order valence-electron chi connectivity index (χ2n) is 6.42. The molecule has 0 spiro atoms. The van der Waals surface area contributed by atoms with E-state index in [1.165, 1.54) is 11.1 Å². The van der Waals surface area contributed by atoms with Gasteiger partial charge in [0.1, 0.15) is 0 Å². The number of hydrogen-bond acceptors (Lipinski definition) is 5. The highest BCUT2D eigenvalue weighted by molar-refractivity contribution is 5.45. The van der Waals surface area contributed by atoms with E-state index in [1.54, 1.807) is 14.2 Å².